The maximum Gasteiger partial charge on any atom is 0.131 e. The second kappa shape index (κ2) is 5.96. The average molecular weight is 313 g/mol. The molecule has 0 aliphatic rings. The van der Waals surface area contributed by atoms with Crippen LogP contribution in [0.3, 0.4) is 0 Å². The van der Waals surface area contributed by atoms with Gasteiger partial charge >= 0.3 is 0 Å². The Kier molecular flexibility index (Phi) is 3.51. The monoisotopic (exact) mass is 313 g/mol. The van der Waals surface area contributed by atoms with E-state index in [1.54, 1.807) is 10.9 Å². The minimum Gasteiger partial charge on any atom is -0.399 e. The van der Waals surface area contributed by atoms with Gasteiger partial charge in [-0.3, -0.25) is 4.98 Å². The molecule has 116 valence electrons. The zero-order chi connectivity index (χ0) is 16.4. The molecule has 0 atom stereocenters. The number of aromatic nitrogens is 4. The number of pyridine rings is 1. The highest BCUT2D eigenvalue weighted by atomic mass is 15.4. The second-order valence-corrected chi connectivity index (χ2v) is 5.43. The van der Waals surface area contributed by atoms with E-state index in [1.807, 2.05) is 60.8 Å². The topological polar surface area (TPSA) is 69.6 Å². The maximum absolute atomic E-state index is 5.73. The van der Waals surface area contributed by atoms with Gasteiger partial charge in [0.1, 0.15) is 5.69 Å². The number of nitrogens with zero attached hydrogens (tertiary/aromatic N) is 4. The Morgan fingerprint density at radius 3 is 2.12 bits per heavy atom. The fraction of sp³-hybridized carbons (Fsp3) is 0. The van der Waals surface area contributed by atoms with E-state index >= 15 is 0 Å². The van der Waals surface area contributed by atoms with Gasteiger partial charge in [0.05, 0.1) is 17.6 Å². The summed E-state index contributed by atoms with van der Waals surface area (Å²) in [5.74, 6) is 0. The third-order valence-corrected chi connectivity index (χ3v) is 3.80. The molecule has 0 spiro atoms. The zero-order valence-corrected chi connectivity index (χ0v) is 12.9. The van der Waals surface area contributed by atoms with E-state index in [1.165, 1.54) is 0 Å². The molecule has 0 unspecified atom stereocenters. The molecule has 0 amide bonds. The van der Waals surface area contributed by atoms with Gasteiger partial charge < -0.3 is 5.73 Å². The molecule has 4 aromatic rings. The van der Waals surface area contributed by atoms with Crippen LogP contribution >= 0.6 is 0 Å². The van der Waals surface area contributed by atoms with E-state index in [0.717, 1.165) is 33.9 Å². The maximum atomic E-state index is 5.73. The quantitative estimate of drug-likeness (QED) is 0.587. The van der Waals surface area contributed by atoms with Crippen molar-refractivity contribution in [1.29, 1.82) is 0 Å². The fourth-order valence-corrected chi connectivity index (χ4v) is 2.50. The van der Waals surface area contributed by atoms with Crippen LogP contribution in [0.1, 0.15) is 0 Å². The zero-order valence-electron chi connectivity index (χ0n) is 12.9. The molecule has 24 heavy (non-hydrogen) atoms. The lowest BCUT2D eigenvalue weighted by Crippen LogP contribution is -1.94. The standard InChI is InChI=1S/C19H15N5/c20-16-8-4-14(5-9-16)15-6-10-17(11-7-15)24-13-19(22-23-24)18-3-1-2-12-21-18/h1-13H,20H2. The number of nitrogens with two attached hydrogens (primary N) is 1. The molecule has 2 aromatic carbocycles. The highest BCUT2D eigenvalue weighted by Gasteiger charge is 2.06. The number of anilines is 1. The molecule has 2 N–H and O–H groups in total. The lowest BCUT2D eigenvalue weighted by molar-refractivity contribution is 0.804. The van der Waals surface area contributed by atoms with Gasteiger partial charge in [0.2, 0.25) is 0 Å². The van der Waals surface area contributed by atoms with Gasteiger partial charge in [0.15, 0.2) is 0 Å². The number of rotatable bonds is 3. The van der Waals surface area contributed by atoms with E-state index in [4.69, 9.17) is 5.73 Å². The number of hydrogen-bond donors (Lipinski definition) is 1. The molecular formula is C19H15N5. The number of benzene rings is 2. The summed E-state index contributed by atoms with van der Waals surface area (Å²) in [5.41, 5.74) is 11.3. The number of hydrogen-bond acceptors (Lipinski definition) is 4. The Hall–Kier alpha value is -3.47. The molecular weight excluding hydrogens is 298 g/mol. The SMILES string of the molecule is Nc1ccc(-c2ccc(-n3cc(-c4ccccn4)nn3)cc2)cc1. The first-order valence-corrected chi connectivity index (χ1v) is 7.60. The predicted octanol–water partition coefficient (Wildman–Crippen LogP) is 3.58. The first kappa shape index (κ1) is 14.1. The lowest BCUT2D eigenvalue weighted by Gasteiger charge is -2.04. The molecule has 2 aromatic heterocycles. The van der Waals surface area contributed by atoms with Crippen LogP contribution in [0.15, 0.2) is 79.1 Å². The van der Waals surface area contributed by atoms with Gasteiger partial charge in [-0.25, -0.2) is 4.68 Å². The van der Waals surface area contributed by atoms with Crippen molar-refractivity contribution in [3.63, 3.8) is 0 Å². The van der Waals surface area contributed by atoms with Gasteiger partial charge in [-0.2, -0.15) is 0 Å². The van der Waals surface area contributed by atoms with Crippen molar-refractivity contribution >= 4 is 5.69 Å². The minimum absolute atomic E-state index is 0.748. The Morgan fingerprint density at radius 1 is 0.750 bits per heavy atom. The van der Waals surface area contributed by atoms with E-state index in [0.29, 0.717) is 0 Å². The first-order chi connectivity index (χ1) is 11.8. The highest BCUT2D eigenvalue weighted by Crippen LogP contribution is 2.22. The van der Waals surface area contributed by atoms with Crippen LogP contribution in [0.5, 0.6) is 0 Å². The van der Waals surface area contributed by atoms with Crippen molar-refractivity contribution in [1.82, 2.24) is 20.0 Å². The normalized spacial score (nSPS) is 10.7. The van der Waals surface area contributed by atoms with Crippen molar-refractivity contribution in [2.75, 3.05) is 5.73 Å². The van der Waals surface area contributed by atoms with Crippen LogP contribution in [0, 0.1) is 0 Å². The molecule has 0 saturated heterocycles. The third kappa shape index (κ3) is 2.75. The van der Waals surface area contributed by atoms with Gasteiger partial charge in [-0.15, -0.1) is 5.10 Å². The van der Waals surface area contributed by atoms with Crippen LogP contribution in [-0.4, -0.2) is 20.0 Å². The van der Waals surface area contributed by atoms with Crippen LogP contribution < -0.4 is 5.73 Å². The molecule has 0 radical (unpaired) electrons. The minimum atomic E-state index is 0.748. The van der Waals surface area contributed by atoms with Crippen LogP contribution in [0.2, 0.25) is 0 Å². The molecule has 0 fully saturated rings. The largest absolute Gasteiger partial charge is 0.399 e. The molecule has 5 heteroatoms. The molecule has 0 bridgehead atoms. The van der Waals surface area contributed by atoms with Gasteiger partial charge in [0.25, 0.3) is 0 Å². The second-order valence-electron chi connectivity index (χ2n) is 5.43. The van der Waals surface area contributed by atoms with Gasteiger partial charge in [-0.1, -0.05) is 35.5 Å². The van der Waals surface area contributed by atoms with Gasteiger partial charge in [-0.05, 0) is 47.5 Å². The van der Waals surface area contributed by atoms with E-state index in [9.17, 15) is 0 Å². The summed E-state index contributed by atoms with van der Waals surface area (Å²) in [6.45, 7) is 0. The van der Waals surface area contributed by atoms with Crippen molar-refractivity contribution in [3.8, 4) is 28.2 Å². The van der Waals surface area contributed by atoms with Gasteiger partial charge in [0, 0.05) is 11.9 Å². The average Bonchev–Trinajstić information content (AvgIpc) is 3.13. The van der Waals surface area contributed by atoms with Crippen molar-refractivity contribution in [2.45, 2.75) is 0 Å². The Morgan fingerprint density at radius 2 is 1.46 bits per heavy atom. The van der Waals surface area contributed by atoms with Crippen molar-refractivity contribution in [2.24, 2.45) is 0 Å². The summed E-state index contributed by atoms with van der Waals surface area (Å²) in [6, 6.07) is 21.7. The van der Waals surface area contributed by atoms with E-state index < -0.39 is 0 Å². The van der Waals surface area contributed by atoms with Crippen molar-refractivity contribution < 1.29 is 0 Å². The summed E-state index contributed by atoms with van der Waals surface area (Å²) in [7, 11) is 0. The molecule has 0 aliphatic heterocycles. The Bertz CT molecular complexity index is 941. The van der Waals surface area contributed by atoms with E-state index in [-0.39, 0.29) is 0 Å². The summed E-state index contributed by atoms with van der Waals surface area (Å²) in [4.78, 5) is 4.29. The van der Waals surface area contributed by atoms with Crippen LogP contribution in [-0.2, 0) is 0 Å². The molecule has 5 nitrogen and oxygen atoms in total. The molecule has 4 rings (SSSR count). The van der Waals surface area contributed by atoms with Crippen LogP contribution in [0.4, 0.5) is 5.69 Å². The third-order valence-electron chi connectivity index (χ3n) is 3.80. The van der Waals surface area contributed by atoms with Crippen LogP contribution in [0.25, 0.3) is 28.2 Å². The number of nitrogen functional groups attached to an aromatic ring is 1. The molecule has 0 aliphatic carbocycles. The molecule has 2 heterocycles. The fourth-order valence-electron chi connectivity index (χ4n) is 2.50. The molecule has 0 saturated carbocycles. The summed E-state index contributed by atoms with van der Waals surface area (Å²) >= 11 is 0. The summed E-state index contributed by atoms with van der Waals surface area (Å²) < 4.78 is 1.75. The summed E-state index contributed by atoms with van der Waals surface area (Å²) in [5, 5.41) is 8.38. The van der Waals surface area contributed by atoms with E-state index in [2.05, 4.69) is 27.4 Å². The first-order valence-electron chi connectivity index (χ1n) is 7.60. The highest BCUT2D eigenvalue weighted by molar-refractivity contribution is 5.66. The van der Waals surface area contributed by atoms with Crippen molar-refractivity contribution in [3.05, 3.63) is 79.1 Å². The predicted molar refractivity (Wildman–Crippen MR) is 94.4 cm³/mol. The Balaban J connectivity index is 1.61. The summed E-state index contributed by atoms with van der Waals surface area (Å²) in [6.07, 6.45) is 3.62. The Labute approximate surface area is 139 Å². The smallest absolute Gasteiger partial charge is 0.131 e. The lowest BCUT2D eigenvalue weighted by atomic mass is 10.1.